The van der Waals surface area contributed by atoms with Crippen LogP contribution >= 0.6 is 11.6 Å². The monoisotopic (exact) mass is 236 g/mol. The van der Waals surface area contributed by atoms with Crippen molar-refractivity contribution in [3.05, 3.63) is 35.9 Å². The molecule has 1 aliphatic rings. The first kappa shape index (κ1) is 12.0. The van der Waals surface area contributed by atoms with E-state index >= 15 is 0 Å². The zero-order chi connectivity index (χ0) is 11.2. The van der Waals surface area contributed by atoms with Gasteiger partial charge in [-0.1, -0.05) is 43.2 Å². The van der Waals surface area contributed by atoms with Crippen molar-refractivity contribution < 1.29 is 0 Å². The average Bonchev–Trinajstić information content (AvgIpc) is 2.33. The van der Waals surface area contributed by atoms with Crippen LogP contribution < -0.4 is 0 Å². The summed E-state index contributed by atoms with van der Waals surface area (Å²) in [6.45, 7) is 0. The summed E-state index contributed by atoms with van der Waals surface area (Å²) < 4.78 is 0. The third-order valence-corrected chi connectivity index (χ3v) is 4.27. The minimum Gasteiger partial charge on any atom is -0.123 e. The standard InChI is InChI=1S/C15H21Cl/c16-15-12-5-4-10-14(15)11-6-9-13-7-2-1-3-8-13/h1-3,7-8,14-15H,4-6,9-12H2. The van der Waals surface area contributed by atoms with Crippen LogP contribution in [0.5, 0.6) is 0 Å². The van der Waals surface area contributed by atoms with Gasteiger partial charge in [0.25, 0.3) is 0 Å². The van der Waals surface area contributed by atoms with Crippen LogP contribution in [0.15, 0.2) is 30.3 Å². The molecular formula is C15H21Cl. The maximum atomic E-state index is 6.36. The minimum atomic E-state index is 0.449. The van der Waals surface area contributed by atoms with Crippen LogP contribution in [-0.4, -0.2) is 5.38 Å². The fourth-order valence-electron chi connectivity index (χ4n) is 2.70. The van der Waals surface area contributed by atoms with E-state index < -0.39 is 0 Å². The van der Waals surface area contributed by atoms with Gasteiger partial charge in [0.15, 0.2) is 0 Å². The molecule has 88 valence electrons. The van der Waals surface area contributed by atoms with Crippen molar-refractivity contribution in [3.8, 4) is 0 Å². The SMILES string of the molecule is ClC1CCCCC1CCCc1ccccc1. The van der Waals surface area contributed by atoms with E-state index in [-0.39, 0.29) is 0 Å². The van der Waals surface area contributed by atoms with E-state index in [0.29, 0.717) is 5.38 Å². The molecule has 0 N–H and O–H groups in total. The lowest BCUT2D eigenvalue weighted by Gasteiger charge is -2.26. The summed E-state index contributed by atoms with van der Waals surface area (Å²) in [5, 5.41) is 0.449. The molecule has 2 atom stereocenters. The van der Waals surface area contributed by atoms with Gasteiger partial charge in [-0.3, -0.25) is 0 Å². The molecule has 0 heterocycles. The number of halogens is 1. The topological polar surface area (TPSA) is 0 Å². The highest BCUT2D eigenvalue weighted by Gasteiger charge is 2.22. The molecule has 0 spiro atoms. The largest absolute Gasteiger partial charge is 0.123 e. The van der Waals surface area contributed by atoms with Crippen molar-refractivity contribution in [2.45, 2.75) is 50.3 Å². The number of alkyl halides is 1. The minimum absolute atomic E-state index is 0.449. The number of hydrogen-bond donors (Lipinski definition) is 0. The summed E-state index contributed by atoms with van der Waals surface area (Å²) in [5.74, 6) is 0.777. The summed E-state index contributed by atoms with van der Waals surface area (Å²) in [6, 6.07) is 10.8. The van der Waals surface area contributed by atoms with E-state index in [9.17, 15) is 0 Å². The van der Waals surface area contributed by atoms with Crippen LogP contribution in [0.25, 0.3) is 0 Å². The van der Waals surface area contributed by atoms with Crippen LogP contribution in [0.4, 0.5) is 0 Å². The summed E-state index contributed by atoms with van der Waals surface area (Å²) in [5.41, 5.74) is 1.46. The van der Waals surface area contributed by atoms with Crippen molar-refractivity contribution in [2.24, 2.45) is 5.92 Å². The molecule has 0 amide bonds. The summed E-state index contributed by atoms with van der Waals surface area (Å²) >= 11 is 6.36. The predicted octanol–water partition coefficient (Wildman–Crippen LogP) is 4.81. The molecular weight excluding hydrogens is 216 g/mol. The van der Waals surface area contributed by atoms with Crippen LogP contribution in [0.3, 0.4) is 0 Å². The lowest BCUT2D eigenvalue weighted by atomic mass is 9.85. The Bertz CT molecular complexity index is 294. The lowest BCUT2D eigenvalue weighted by molar-refractivity contribution is 0.339. The predicted molar refractivity (Wildman–Crippen MR) is 71.0 cm³/mol. The Morgan fingerprint density at radius 1 is 1.06 bits per heavy atom. The maximum Gasteiger partial charge on any atom is 0.0364 e. The van der Waals surface area contributed by atoms with E-state index in [1.54, 1.807) is 0 Å². The molecule has 1 aromatic carbocycles. The number of hydrogen-bond acceptors (Lipinski definition) is 0. The third-order valence-electron chi connectivity index (χ3n) is 3.70. The second-order valence-electron chi connectivity index (χ2n) is 4.94. The number of benzene rings is 1. The third kappa shape index (κ3) is 3.52. The van der Waals surface area contributed by atoms with Crippen LogP contribution in [-0.2, 0) is 6.42 Å². The number of rotatable bonds is 4. The van der Waals surface area contributed by atoms with E-state index in [1.165, 1.54) is 50.5 Å². The zero-order valence-electron chi connectivity index (χ0n) is 9.87. The van der Waals surface area contributed by atoms with E-state index in [1.807, 2.05) is 0 Å². The molecule has 2 unspecified atom stereocenters. The normalized spacial score (nSPS) is 25.6. The quantitative estimate of drug-likeness (QED) is 0.659. The zero-order valence-corrected chi connectivity index (χ0v) is 10.6. The fraction of sp³-hybridized carbons (Fsp3) is 0.600. The van der Waals surface area contributed by atoms with Gasteiger partial charge in [-0.2, -0.15) is 0 Å². The second kappa shape index (κ2) is 6.30. The maximum absolute atomic E-state index is 6.36. The Balaban J connectivity index is 1.71. The van der Waals surface area contributed by atoms with Gasteiger partial charge in [0, 0.05) is 5.38 Å². The van der Waals surface area contributed by atoms with E-state index in [2.05, 4.69) is 30.3 Å². The summed E-state index contributed by atoms with van der Waals surface area (Å²) in [6.07, 6.45) is 9.12. The molecule has 0 aromatic heterocycles. The summed E-state index contributed by atoms with van der Waals surface area (Å²) in [4.78, 5) is 0. The molecule has 0 aliphatic heterocycles. The van der Waals surface area contributed by atoms with Gasteiger partial charge in [-0.05, 0) is 43.6 Å². The van der Waals surface area contributed by atoms with Gasteiger partial charge < -0.3 is 0 Å². The molecule has 0 saturated heterocycles. The van der Waals surface area contributed by atoms with Gasteiger partial charge >= 0.3 is 0 Å². The average molecular weight is 237 g/mol. The molecule has 1 aliphatic carbocycles. The van der Waals surface area contributed by atoms with Crippen molar-refractivity contribution in [1.82, 2.24) is 0 Å². The Hall–Kier alpha value is -0.490. The van der Waals surface area contributed by atoms with E-state index in [4.69, 9.17) is 11.6 Å². The molecule has 0 nitrogen and oxygen atoms in total. The first-order valence-electron chi connectivity index (χ1n) is 6.54. The molecule has 0 bridgehead atoms. The molecule has 1 aromatic rings. The molecule has 2 rings (SSSR count). The molecule has 16 heavy (non-hydrogen) atoms. The van der Waals surface area contributed by atoms with Gasteiger partial charge in [0.05, 0.1) is 0 Å². The Labute approximate surface area is 104 Å². The smallest absolute Gasteiger partial charge is 0.0364 e. The van der Waals surface area contributed by atoms with Crippen LogP contribution in [0.1, 0.15) is 44.1 Å². The van der Waals surface area contributed by atoms with Gasteiger partial charge in [0.2, 0.25) is 0 Å². The Morgan fingerprint density at radius 2 is 1.81 bits per heavy atom. The van der Waals surface area contributed by atoms with Crippen molar-refractivity contribution in [1.29, 1.82) is 0 Å². The molecule has 1 saturated carbocycles. The Kier molecular flexibility index (Phi) is 4.71. The van der Waals surface area contributed by atoms with Crippen LogP contribution in [0.2, 0.25) is 0 Å². The second-order valence-corrected chi connectivity index (χ2v) is 5.50. The molecule has 1 heteroatoms. The first-order chi connectivity index (χ1) is 7.86. The van der Waals surface area contributed by atoms with Gasteiger partial charge in [0.1, 0.15) is 0 Å². The highest BCUT2D eigenvalue weighted by molar-refractivity contribution is 6.20. The van der Waals surface area contributed by atoms with Gasteiger partial charge in [-0.15, -0.1) is 11.6 Å². The first-order valence-corrected chi connectivity index (χ1v) is 6.98. The van der Waals surface area contributed by atoms with Gasteiger partial charge in [-0.25, -0.2) is 0 Å². The van der Waals surface area contributed by atoms with E-state index in [0.717, 1.165) is 5.92 Å². The lowest BCUT2D eigenvalue weighted by Crippen LogP contribution is -2.19. The fourth-order valence-corrected chi connectivity index (χ4v) is 3.11. The van der Waals surface area contributed by atoms with Crippen molar-refractivity contribution >= 4 is 11.6 Å². The molecule has 1 fully saturated rings. The van der Waals surface area contributed by atoms with Crippen LogP contribution in [0, 0.1) is 5.92 Å². The number of aryl methyl sites for hydroxylation is 1. The highest BCUT2D eigenvalue weighted by Crippen LogP contribution is 2.32. The highest BCUT2D eigenvalue weighted by atomic mass is 35.5. The summed E-state index contributed by atoms with van der Waals surface area (Å²) in [7, 11) is 0. The van der Waals surface area contributed by atoms with Crippen molar-refractivity contribution in [2.75, 3.05) is 0 Å². The van der Waals surface area contributed by atoms with Crippen molar-refractivity contribution in [3.63, 3.8) is 0 Å². The molecule has 0 radical (unpaired) electrons. The Morgan fingerprint density at radius 3 is 2.56 bits per heavy atom.